The molecule has 0 unspecified atom stereocenters. The lowest BCUT2D eigenvalue weighted by Gasteiger charge is -2.06. The van der Waals surface area contributed by atoms with Crippen molar-refractivity contribution < 1.29 is 4.79 Å². The van der Waals surface area contributed by atoms with Crippen molar-refractivity contribution in [2.75, 3.05) is 5.32 Å². The minimum Gasteiger partial charge on any atom is -0.327 e. The fourth-order valence-corrected chi connectivity index (χ4v) is 2.34. The van der Waals surface area contributed by atoms with Gasteiger partial charge in [-0.3, -0.25) is 4.79 Å². The average Bonchev–Trinajstić information content (AvgIpc) is 3.17. The second kappa shape index (κ2) is 5.27. The van der Waals surface area contributed by atoms with Gasteiger partial charge in [0.1, 0.15) is 0 Å². The van der Waals surface area contributed by atoms with Crippen molar-refractivity contribution in [3.63, 3.8) is 0 Å². The number of amides is 1. The summed E-state index contributed by atoms with van der Waals surface area (Å²) in [6.07, 6.45) is 1.05. The zero-order valence-electron chi connectivity index (χ0n) is 10.8. The van der Waals surface area contributed by atoms with E-state index in [0.717, 1.165) is 12.1 Å². The monoisotopic (exact) mass is 286 g/mol. The molecule has 1 aliphatic carbocycles. The van der Waals surface area contributed by atoms with Crippen molar-refractivity contribution in [3.05, 3.63) is 64.7 Å². The first-order valence-electron chi connectivity index (χ1n) is 6.56. The van der Waals surface area contributed by atoms with Crippen LogP contribution in [0.2, 0.25) is 5.02 Å². The van der Waals surface area contributed by atoms with Crippen LogP contribution in [0.3, 0.4) is 0 Å². The summed E-state index contributed by atoms with van der Waals surface area (Å²) in [5.74, 6) is 0.341. The molecule has 0 aliphatic heterocycles. The number of anilines is 1. The van der Waals surface area contributed by atoms with E-state index in [2.05, 4.69) is 5.32 Å². The molecule has 1 aliphatic rings. The van der Waals surface area contributed by atoms with Crippen molar-refractivity contribution in [2.24, 2.45) is 5.73 Å². The number of hydrogen-bond acceptors (Lipinski definition) is 2. The minimum absolute atomic E-state index is 0.141. The van der Waals surface area contributed by atoms with E-state index in [1.807, 2.05) is 24.3 Å². The van der Waals surface area contributed by atoms with Crippen LogP contribution in [0, 0.1) is 0 Å². The summed E-state index contributed by atoms with van der Waals surface area (Å²) in [5.41, 5.74) is 8.43. The van der Waals surface area contributed by atoms with Crippen LogP contribution < -0.4 is 11.1 Å². The van der Waals surface area contributed by atoms with Gasteiger partial charge in [0.05, 0.1) is 0 Å². The van der Waals surface area contributed by atoms with E-state index in [-0.39, 0.29) is 5.91 Å². The van der Waals surface area contributed by atoms with Gasteiger partial charge >= 0.3 is 0 Å². The molecule has 3 rings (SSSR count). The third-order valence-corrected chi connectivity index (χ3v) is 3.79. The lowest BCUT2D eigenvalue weighted by atomic mass is 10.1. The maximum Gasteiger partial charge on any atom is 0.255 e. The average molecular weight is 287 g/mol. The van der Waals surface area contributed by atoms with E-state index in [9.17, 15) is 4.79 Å². The molecular weight excluding hydrogens is 272 g/mol. The molecule has 4 heteroatoms. The van der Waals surface area contributed by atoms with Gasteiger partial charge in [0.15, 0.2) is 0 Å². The summed E-state index contributed by atoms with van der Waals surface area (Å²) >= 11 is 5.80. The first-order valence-corrected chi connectivity index (χ1v) is 6.94. The van der Waals surface area contributed by atoms with Crippen molar-refractivity contribution in [2.45, 2.75) is 18.4 Å². The van der Waals surface area contributed by atoms with Gasteiger partial charge in [-0.15, -0.1) is 0 Å². The van der Waals surface area contributed by atoms with Gasteiger partial charge in [-0.1, -0.05) is 23.7 Å². The Labute approximate surface area is 122 Å². The summed E-state index contributed by atoms with van der Waals surface area (Å²) in [4.78, 5) is 12.0. The number of nitrogens with one attached hydrogen (secondary N) is 1. The fraction of sp³-hybridized carbons (Fsp3) is 0.188. The van der Waals surface area contributed by atoms with E-state index in [1.54, 1.807) is 24.3 Å². The smallest absolute Gasteiger partial charge is 0.255 e. The number of carbonyl (C=O) groups excluding carboxylic acids is 1. The number of carbonyl (C=O) groups is 1. The molecule has 102 valence electrons. The van der Waals surface area contributed by atoms with Crippen LogP contribution >= 0.6 is 11.6 Å². The molecule has 0 bridgehead atoms. The fourth-order valence-electron chi connectivity index (χ4n) is 2.22. The molecule has 3 N–H and O–H groups in total. The molecule has 0 aromatic heterocycles. The van der Waals surface area contributed by atoms with E-state index in [0.29, 0.717) is 22.5 Å². The maximum atomic E-state index is 12.0. The molecule has 0 radical (unpaired) electrons. The Kier molecular flexibility index (Phi) is 3.47. The summed E-state index contributed by atoms with van der Waals surface area (Å²) in [6.45, 7) is 0. The van der Waals surface area contributed by atoms with E-state index in [1.165, 1.54) is 5.56 Å². The van der Waals surface area contributed by atoms with Gasteiger partial charge in [-0.25, -0.2) is 0 Å². The van der Waals surface area contributed by atoms with Crippen molar-refractivity contribution in [3.8, 4) is 0 Å². The Balaban J connectivity index is 1.68. The quantitative estimate of drug-likeness (QED) is 0.908. The van der Waals surface area contributed by atoms with Crippen LogP contribution in [0.1, 0.15) is 28.3 Å². The number of halogens is 1. The van der Waals surface area contributed by atoms with Crippen LogP contribution in [-0.2, 0) is 0 Å². The van der Waals surface area contributed by atoms with Crippen molar-refractivity contribution in [1.82, 2.24) is 0 Å². The molecule has 3 nitrogen and oxygen atoms in total. The third kappa shape index (κ3) is 2.84. The molecule has 20 heavy (non-hydrogen) atoms. The molecule has 0 heterocycles. The number of rotatable bonds is 3. The van der Waals surface area contributed by atoms with E-state index >= 15 is 0 Å². The first kappa shape index (κ1) is 13.2. The lowest BCUT2D eigenvalue weighted by Crippen LogP contribution is -2.11. The van der Waals surface area contributed by atoms with Crippen LogP contribution in [-0.4, -0.2) is 11.9 Å². The summed E-state index contributed by atoms with van der Waals surface area (Å²) in [6, 6.07) is 15.0. The highest BCUT2D eigenvalue weighted by Gasteiger charge is 2.34. The standard InChI is InChI=1S/C16H15ClN2O/c17-12-5-1-11(2-6-12)16(20)19-13-7-3-10(4-8-13)14-9-15(14)18/h1-8,14-15H,9,18H2,(H,19,20)/t14-,15+/m0/s1. The molecule has 2 aromatic rings. The van der Waals surface area contributed by atoms with Gasteiger partial charge < -0.3 is 11.1 Å². The highest BCUT2D eigenvalue weighted by atomic mass is 35.5. The Bertz CT molecular complexity index is 622. The second-order valence-electron chi connectivity index (χ2n) is 5.09. The third-order valence-electron chi connectivity index (χ3n) is 3.54. The molecule has 1 fully saturated rings. The first-order chi connectivity index (χ1) is 9.63. The molecule has 0 spiro atoms. The van der Waals surface area contributed by atoms with Gasteiger partial charge in [-0.05, 0) is 48.4 Å². The molecule has 2 atom stereocenters. The van der Waals surface area contributed by atoms with Gasteiger partial charge in [-0.2, -0.15) is 0 Å². The van der Waals surface area contributed by atoms with Crippen LogP contribution in [0.5, 0.6) is 0 Å². The van der Waals surface area contributed by atoms with Gasteiger partial charge in [0, 0.05) is 28.2 Å². The molecule has 1 saturated carbocycles. The number of benzene rings is 2. The Morgan fingerprint density at radius 1 is 1.10 bits per heavy atom. The topological polar surface area (TPSA) is 55.1 Å². The second-order valence-corrected chi connectivity index (χ2v) is 5.53. The zero-order chi connectivity index (χ0) is 14.1. The number of nitrogens with two attached hydrogens (primary N) is 1. The summed E-state index contributed by atoms with van der Waals surface area (Å²) < 4.78 is 0. The van der Waals surface area contributed by atoms with Gasteiger partial charge in [0.25, 0.3) is 5.91 Å². The van der Waals surface area contributed by atoms with Crippen molar-refractivity contribution >= 4 is 23.2 Å². The highest BCUT2D eigenvalue weighted by Crippen LogP contribution is 2.39. The highest BCUT2D eigenvalue weighted by molar-refractivity contribution is 6.30. The normalized spacial score (nSPS) is 20.5. The zero-order valence-corrected chi connectivity index (χ0v) is 11.6. The number of hydrogen-bond donors (Lipinski definition) is 2. The molecule has 0 saturated heterocycles. The van der Waals surface area contributed by atoms with Crippen LogP contribution in [0.25, 0.3) is 0 Å². The van der Waals surface area contributed by atoms with E-state index < -0.39 is 0 Å². The van der Waals surface area contributed by atoms with E-state index in [4.69, 9.17) is 17.3 Å². The Morgan fingerprint density at radius 3 is 2.25 bits per heavy atom. The molecule has 2 aromatic carbocycles. The van der Waals surface area contributed by atoms with Gasteiger partial charge in [0.2, 0.25) is 0 Å². The Morgan fingerprint density at radius 2 is 1.70 bits per heavy atom. The van der Waals surface area contributed by atoms with Crippen LogP contribution in [0.4, 0.5) is 5.69 Å². The maximum absolute atomic E-state index is 12.0. The molecular formula is C16H15ClN2O. The minimum atomic E-state index is -0.141. The lowest BCUT2D eigenvalue weighted by molar-refractivity contribution is 0.102. The largest absolute Gasteiger partial charge is 0.327 e. The van der Waals surface area contributed by atoms with Crippen LogP contribution in [0.15, 0.2) is 48.5 Å². The summed E-state index contributed by atoms with van der Waals surface area (Å²) in [5, 5.41) is 3.48. The molecule has 1 amide bonds. The predicted molar refractivity (Wildman–Crippen MR) is 81.2 cm³/mol. The predicted octanol–water partition coefficient (Wildman–Crippen LogP) is 3.41. The Hall–Kier alpha value is -1.84. The SMILES string of the molecule is N[C@@H]1C[C@H]1c1ccc(NC(=O)c2ccc(Cl)cc2)cc1. The van der Waals surface area contributed by atoms with Crippen molar-refractivity contribution in [1.29, 1.82) is 0 Å². The summed E-state index contributed by atoms with van der Waals surface area (Å²) in [7, 11) is 0.